The Balaban J connectivity index is 2.25. The summed E-state index contributed by atoms with van der Waals surface area (Å²) >= 11 is 5.95. The van der Waals surface area contributed by atoms with E-state index in [0.717, 1.165) is 6.42 Å². The van der Waals surface area contributed by atoms with Gasteiger partial charge in [-0.05, 0) is 34.1 Å². The molecule has 1 saturated heterocycles. The van der Waals surface area contributed by atoms with Crippen LogP contribution in [0.5, 0.6) is 0 Å². The minimum atomic E-state index is -0.391. The van der Waals surface area contributed by atoms with E-state index in [2.05, 4.69) is 15.5 Å². The van der Waals surface area contributed by atoms with Gasteiger partial charge in [-0.15, -0.1) is 0 Å². The normalized spacial score (nSPS) is 25.1. The van der Waals surface area contributed by atoms with E-state index in [4.69, 9.17) is 16.3 Å². The van der Waals surface area contributed by atoms with Crippen LogP contribution in [0.1, 0.15) is 34.1 Å². The van der Waals surface area contributed by atoms with Gasteiger partial charge in [-0.1, -0.05) is 11.6 Å². The van der Waals surface area contributed by atoms with Gasteiger partial charge in [-0.2, -0.15) is 5.10 Å². The molecule has 0 spiro atoms. The number of halogens is 1. The van der Waals surface area contributed by atoms with Gasteiger partial charge in [0, 0.05) is 0 Å². The Morgan fingerprint density at radius 3 is 2.72 bits per heavy atom. The molecule has 6 heteroatoms. The molecule has 100 valence electrons. The number of hydrogen-bond donors (Lipinski definition) is 2. The predicted molar refractivity (Wildman–Crippen MR) is 71.1 cm³/mol. The van der Waals surface area contributed by atoms with Crippen LogP contribution < -0.4 is 10.9 Å². The molecule has 0 aromatic carbocycles. The van der Waals surface area contributed by atoms with E-state index in [1.165, 1.54) is 6.20 Å². The first kappa shape index (κ1) is 13.4. The molecule has 1 aromatic rings. The summed E-state index contributed by atoms with van der Waals surface area (Å²) in [6, 6.07) is 0.0774. The number of aromatic nitrogens is 2. The number of rotatable bonds is 2. The summed E-state index contributed by atoms with van der Waals surface area (Å²) in [6.45, 7) is 8.14. The van der Waals surface area contributed by atoms with Crippen LogP contribution in [-0.4, -0.2) is 27.4 Å². The molecule has 1 fully saturated rings. The summed E-state index contributed by atoms with van der Waals surface area (Å²) in [7, 11) is 0. The maximum Gasteiger partial charge on any atom is 0.285 e. The van der Waals surface area contributed by atoms with Gasteiger partial charge in [-0.25, -0.2) is 5.10 Å². The van der Waals surface area contributed by atoms with Gasteiger partial charge < -0.3 is 10.1 Å². The van der Waals surface area contributed by atoms with E-state index < -0.39 is 5.56 Å². The van der Waals surface area contributed by atoms with Gasteiger partial charge in [0.2, 0.25) is 0 Å². The van der Waals surface area contributed by atoms with Crippen molar-refractivity contribution in [2.24, 2.45) is 0 Å². The summed E-state index contributed by atoms with van der Waals surface area (Å²) in [5.41, 5.74) is -0.366. The maximum atomic E-state index is 11.4. The van der Waals surface area contributed by atoms with Crippen molar-refractivity contribution in [3.63, 3.8) is 0 Å². The highest BCUT2D eigenvalue weighted by atomic mass is 35.5. The molecule has 2 heterocycles. The fourth-order valence-corrected chi connectivity index (χ4v) is 2.60. The van der Waals surface area contributed by atoms with Crippen molar-refractivity contribution in [2.45, 2.75) is 51.4 Å². The first-order chi connectivity index (χ1) is 8.21. The van der Waals surface area contributed by atoms with Crippen LogP contribution in [0, 0.1) is 0 Å². The Morgan fingerprint density at radius 2 is 2.17 bits per heavy atom. The minimum absolute atomic E-state index is 0.0774. The fraction of sp³-hybridized carbons (Fsp3) is 0.667. The fourth-order valence-electron chi connectivity index (χ4n) is 2.46. The number of nitrogens with zero attached hydrogens (tertiary/aromatic N) is 1. The summed E-state index contributed by atoms with van der Waals surface area (Å²) in [5.74, 6) is 0. The number of aromatic amines is 1. The third-order valence-corrected chi connectivity index (χ3v) is 3.57. The highest BCUT2D eigenvalue weighted by molar-refractivity contribution is 6.32. The van der Waals surface area contributed by atoms with E-state index in [-0.39, 0.29) is 22.3 Å². The Bertz CT molecular complexity index is 510. The molecule has 1 aliphatic rings. The lowest BCUT2D eigenvalue weighted by molar-refractivity contribution is -0.0662. The summed E-state index contributed by atoms with van der Waals surface area (Å²) < 4.78 is 5.98. The van der Waals surface area contributed by atoms with Crippen LogP contribution in [0.4, 0.5) is 5.69 Å². The van der Waals surface area contributed by atoms with Crippen molar-refractivity contribution in [1.82, 2.24) is 10.2 Å². The second kappa shape index (κ2) is 4.24. The summed E-state index contributed by atoms with van der Waals surface area (Å²) in [6.07, 6.45) is 2.36. The van der Waals surface area contributed by atoms with E-state index in [1.54, 1.807) is 0 Å². The maximum absolute atomic E-state index is 11.4. The summed E-state index contributed by atoms with van der Waals surface area (Å²) in [5, 5.41) is 9.43. The van der Waals surface area contributed by atoms with Gasteiger partial charge in [0.25, 0.3) is 5.56 Å². The highest BCUT2D eigenvalue weighted by Gasteiger charge is 2.46. The lowest BCUT2D eigenvalue weighted by Gasteiger charge is -2.28. The van der Waals surface area contributed by atoms with Crippen LogP contribution in [0.15, 0.2) is 11.0 Å². The second-order valence-corrected chi connectivity index (χ2v) is 6.17. The monoisotopic (exact) mass is 271 g/mol. The SMILES string of the molecule is CC1(C)CC(Nc2cn[nH]c(=O)c2Cl)C(C)(C)O1. The van der Waals surface area contributed by atoms with Gasteiger partial charge in [0.1, 0.15) is 5.02 Å². The zero-order valence-corrected chi connectivity index (χ0v) is 11.8. The largest absolute Gasteiger partial charge is 0.377 e. The Morgan fingerprint density at radius 1 is 1.50 bits per heavy atom. The lowest BCUT2D eigenvalue weighted by atomic mass is 9.94. The Labute approximate surface area is 111 Å². The molecule has 1 aliphatic heterocycles. The van der Waals surface area contributed by atoms with Crippen molar-refractivity contribution >= 4 is 17.3 Å². The van der Waals surface area contributed by atoms with Gasteiger partial charge in [-0.3, -0.25) is 4.79 Å². The van der Waals surface area contributed by atoms with Gasteiger partial charge in [0.15, 0.2) is 0 Å². The van der Waals surface area contributed by atoms with Crippen LogP contribution in [0.2, 0.25) is 5.02 Å². The van der Waals surface area contributed by atoms with Crippen LogP contribution in [-0.2, 0) is 4.74 Å². The van der Waals surface area contributed by atoms with Crippen LogP contribution >= 0.6 is 11.6 Å². The lowest BCUT2D eigenvalue weighted by Crippen LogP contribution is -2.38. The Hall–Kier alpha value is -1.07. The molecule has 1 aromatic heterocycles. The van der Waals surface area contributed by atoms with Crippen molar-refractivity contribution in [1.29, 1.82) is 0 Å². The average Bonchev–Trinajstić information content (AvgIpc) is 2.42. The van der Waals surface area contributed by atoms with Crippen molar-refractivity contribution in [2.75, 3.05) is 5.32 Å². The molecule has 2 N–H and O–H groups in total. The van der Waals surface area contributed by atoms with Gasteiger partial charge >= 0.3 is 0 Å². The highest BCUT2D eigenvalue weighted by Crippen LogP contribution is 2.39. The molecular weight excluding hydrogens is 254 g/mol. The molecule has 0 bridgehead atoms. The molecule has 0 radical (unpaired) electrons. The first-order valence-corrected chi connectivity index (χ1v) is 6.29. The van der Waals surface area contributed by atoms with E-state index in [1.807, 2.05) is 27.7 Å². The van der Waals surface area contributed by atoms with Crippen molar-refractivity contribution < 1.29 is 4.74 Å². The van der Waals surface area contributed by atoms with E-state index >= 15 is 0 Å². The number of nitrogens with one attached hydrogen (secondary N) is 2. The molecule has 5 nitrogen and oxygen atoms in total. The minimum Gasteiger partial charge on any atom is -0.377 e. The first-order valence-electron chi connectivity index (χ1n) is 5.91. The van der Waals surface area contributed by atoms with Crippen LogP contribution in [0.25, 0.3) is 0 Å². The topological polar surface area (TPSA) is 67.0 Å². The van der Waals surface area contributed by atoms with Crippen LogP contribution in [0.3, 0.4) is 0 Å². The molecule has 1 unspecified atom stereocenters. The average molecular weight is 272 g/mol. The number of hydrogen-bond acceptors (Lipinski definition) is 4. The Kier molecular flexibility index (Phi) is 3.15. The predicted octanol–water partition coefficient (Wildman–Crippen LogP) is 2.18. The van der Waals surface area contributed by atoms with Gasteiger partial charge in [0.05, 0.1) is 29.1 Å². The molecule has 0 aliphatic carbocycles. The quantitative estimate of drug-likeness (QED) is 0.865. The zero-order chi connectivity index (χ0) is 13.6. The molecule has 2 rings (SSSR count). The molecule has 0 saturated carbocycles. The number of anilines is 1. The molecular formula is C12H18ClN3O2. The van der Waals surface area contributed by atoms with E-state index in [0.29, 0.717) is 5.69 Å². The molecule has 18 heavy (non-hydrogen) atoms. The smallest absolute Gasteiger partial charge is 0.285 e. The summed E-state index contributed by atoms with van der Waals surface area (Å²) in [4.78, 5) is 11.4. The van der Waals surface area contributed by atoms with Crippen molar-refractivity contribution in [3.8, 4) is 0 Å². The third-order valence-electron chi connectivity index (χ3n) is 3.20. The number of H-pyrrole nitrogens is 1. The standard InChI is InChI=1S/C12H18ClN3O2/c1-11(2)5-8(12(3,4)18-11)15-7-6-14-16-10(17)9(7)13/h6,8H,5H2,1-4H3,(H2,15,16,17). The second-order valence-electron chi connectivity index (χ2n) is 5.79. The van der Waals surface area contributed by atoms with E-state index in [9.17, 15) is 4.79 Å². The molecule has 0 amide bonds. The third kappa shape index (κ3) is 2.52. The molecule has 1 atom stereocenters. The van der Waals surface area contributed by atoms with Crippen molar-refractivity contribution in [3.05, 3.63) is 21.6 Å². The number of ether oxygens (including phenoxy) is 1. The zero-order valence-electron chi connectivity index (χ0n) is 11.0.